The molecule has 0 bridgehead atoms. The van der Waals surface area contributed by atoms with E-state index in [1.54, 1.807) is 14.2 Å². The number of carbonyl (C=O) groups excluding carboxylic acids is 1. The summed E-state index contributed by atoms with van der Waals surface area (Å²) in [6.45, 7) is 5.70. The molecule has 0 unspecified atom stereocenters. The highest BCUT2D eigenvalue weighted by molar-refractivity contribution is 5.94. The van der Waals surface area contributed by atoms with Gasteiger partial charge in [-0.05, 0) is 87.6 Å². The van der Waals surface area contributed by atoms with Crippen LogP contribution in [0.1, 0.15) is 34.3 Å². The van der Waals surface area contributed by atoms with Gasteiger partial charge in [0.15, 0.2) is 0 Å². The number of ether oxygens (including phenoxy) is 2. The molecule has 1 amide bonds. The zero-order valence-corrected chi connectivity index (χ0v) is 18.7. The lowest BCUT2D eigenvalue weighted by atomic mass is 9.96. The van der Waals surface area contributed by atoms with Crippen molar-refractivity contribution < 1.29 is 14.3 Å². The van der Waals surface area contributed by atoms with Crippen molar-refractivity contribution in [3.05, 3.63) is 59.2 Å². The number of hydrogen-bond acceptors (Lipinski definition) is 4. The van der Waals surface area contributed by atoms with Crippen LogP contribution in [0.25, 0.3) is 0 Å². The van der Waals surface area contributed by atoms with Gasteiger partial charge >= 0.3 is 0 Å². The first-order valence-electron chi connectivity index (χ1n) is 10.8. The highest BCUT2D eigenvalue weighted by Gasteiger charge is 2.23. The van der Waals surface area contributed by atoms with E-state index >= 15 is 0 Å². The first-order chi connectivity index (χ1) is 14.5. The highest BCUT2D eigenvalue weighted by Crippen LogP contribution is 2.23. The van der Waals surface area contributed by atoms with E-state index in [1.807, 2.05) is 42.2 Å². The normalized spacial score (nSPS) is 15.1. The van der Waals surface area contributed by atoms with Crippen LogP contribution < -0.4 is 9.47 Å². The first-order valence-corrected chi connectivity index (χ1v) is 10.8. The maximum Gasteiger partial charge on any atom is 0.254 e. The molecular formula is C25H34N2O3. The number of piperidine rings is 1. The lowest BCUT2D eigenvalue weighted by Gasteiger charge is -2.33. The second-order valence-corrected chi connectivity index (χ2v) is 8.28. The Bertz CT molecular complexity index is 827. The van der Waals surface area contributed by atoms with E-state index in [2.05, 4.69) is 24.1 Å². The van der Waals surface area contributed by atoms with E-state index in [0.29, 0.717) is 18.0 Å². The van der Waals surface area contributed by atoms with Gasteiger partial charge in [0.2, 0.25) is 0 Å². The monoisotopic (exact) mass is 410 g/mol. The van der Waals surface area contributed by atoms with Crippen molar-refractivity contribution in [1.29, 1.82) is 0 Å². The lowest BCUT2D eigenvalue weighted by molar-refractivity contribution is 0.0700. The van der Waals surface area contributed by atoms with Crippen LogP contribution in [0.15, 0.2) is 42.5 Å². The third-order valence-electron chi connectivity index (χ3n) is 6.09. The Morgan fingerprint density at radius 2 is 1.77 bits per heavy atom. The van der Waals surface area contributed by atoms with E-state index in [0.717, 1.165) is 56.0 Å². The summed E-state index contributed by atoms with van der Waals surface area (Å²) in [4.78, 5) is 17.8. The molecule has 0 spiro atoms. The number of aryl methyl sites for hydroxylation is 1. The minimum atomic E-state index is 0.0840. The average Bonchev–Trinajstić information content (AvgIpc) is 2.78. The molecule has 0 N–H and O–H groups in total. The second kappa shape index (κ2) is 10.5. The molecule has 2 aromatic rings. The van der Waals surface area contributed by atoms with Gasteiger partial charge < -0.3 is 19.3 Å². The highest BCUT2D eigenvalue weighted by atomic mass is 16.5. The fourth-order valence-electron chi connectivity index (χ4n) is 4.02. The molecule has 1 aliphatic heterocycles. The third kappa shape index (κ3) is 5.76. The number of benzene rings is 2. The molecule has 1 fully saturated rings. The molecule has 3 rings (SSSR count). The molecule has 0 radical (unpaired) electrons. The van der Waals surface area contributed by atoms with Crippen LogP contribution in [0.4, 0.5) is 0 Å². The van der Waals surface area contributed by atoms with Gasteiger partial charge in [-0.25, -0.2) is 0 Å². The summed E-state index contributed by atoms with van der Waals surface area (Å²) in [5.74, 6) is 2.24. The summed E-state index contributed by atoms with van der Waals surface area (Å²) < 4.78 is 10.7. The quantitative estimate of drug-likeness (QED) is 0.659. The van der Waals surface area contributed by atoms with Gasteiger partial charge in [-0.2, -0.15) is 0 Å². The number of carbonyl (C=O) groups is 1. The van der Waals surface area contributed by atoms with E-state index in [1.165, 1.54) is 5.56 Å². The minimum absolute atomic E-state index is 0.0840. The predicted octanol–water partition coefficient (Wildman–Crippen LogP) is 4.04. The summed E-state index contributed by atoms with van der Waals surface area (Å²) in [5.41, 5.74) is 2.94. The molecule has 0 saturated carbocycles. The Morgan fingerprint density at radius 3 is 2.40 bits per heavy atom. The predicted molar refractivity (Wildman–Crippen MR) is 121 cm³/mol. The number of amides is 1. The van der Waals surface area contributed by atoms with Gasteiger partial charge in [0.25, 0.3) is 5.91 Å². The van der Waals surface area contributed by atoms with E-state index < -0.39 is 0 Å². The molecule has 30 heavy (non-hydrogen) atoms. The first kappa shape index (κ1) is 22.2. The van der Waals surface area contributed by atoms with Crippen LogP contribution in [-0.4, -0.2) is 63.2 Å². The molecular weight excluding hydrogens is 376 g/mol. The smallest absolute Gasteiger partial charge is 0.254 e. The molecule has 1 saturated heterocycles. The van der Waals surface area contributed by atoms with Crippen LogP contribution >= 0.6 is 0 Å². The average molecular weight is 411 g/mol. The summed E-state index contributed by atoms with van der Waals surface area (Å²) >= 11 is 0. The largest absolute Gasteiger partial charge is 0.497 e. The fraction of sp³-hybridized carbons (Fsp3) is 0.480. The van der Waals surface area contributed by atoms with Crippen molar-refractivity contribution in [3.8, 4) is 11.5 Å². The van der Waals surface area contributed by atoms with Gasteiger partial charge in [-0.15, -0.1) is 0 Å². The van der Waals surface area contributed by atoms with Crippen LogP contribution in [0.5, 0.6) is 11.5 Å². The zero-order valence-electron chi connectivity index (χ0n) is 18.7. The Hall–Kier alpha value is -2.53. The summed E-state index contributed by atoms with van der Waals surface area (Å²) in [7, 11) is 5.49. The van der Waals surface area contributed by atoms with Gasteiger partial charge in [0.05, 0.1) is 14.2 Å². The zero-order chi connectivity index (χ0) is 21.5. The van der Waals surface area contributed by atoms with E-state index in [9.17, 15) is 4.79 Å². The maximum absolute atomic E-state index is 13.4. The minimum Gasteiger partial charge on any atom is -0.497 e. The lowest BCUT2D eigenvalue weighted by Crippen LogP contribution is -2.40. The van der Waals surface area contributed by atoms with E-state index in [4.69, 9.17) is 9.47 Å². The molecule has 0 atom stereocenters. The summed E-state index contributed by atoms with van der Waals surface area (Å²) in [6, 6.07) is 13.8. The van der Waals surface area contributed by atoms with Gasteiger partial charge in [0.1, 0.15) is 11.5 Å². The van der Waals surface area contributed by atoms with Gasteiger partial charge in [-0.1, -0.05) is 18.2 Å². The summed E-state index contributed by atoms with van der Waals surface area (Å²) in [5, 5.41) is 0. The van der Waals surface area contributed by atoms with Crippen LogP contribution in [0, 0.1) is 12.8 Å². The second-order valence-electron chi connectivity index (χ2n) is 8.28. The van der Waals surface area contributed by atoms with Crippen LogP contribution in [0.3, 0.4) is 0 Å². The van der Waals surface area contributed by atoms with Crippen molar-refractivity contribution >= 4 is 5.91 Å². The van der Waals surface area contributed by atoms with Crippen molar-refractivity contribution in [2.45, 2.75) is 26.2 Å². The Morgan fingerprint density at radius 1 is 1.07 bits per heavy atom. The third-order valence-corrected chi connectivity index (χ3v) is 6.09. The Kier molecular flexibility index (Phi) is 7.75. The van der Waals surface area contributed by atoms with Gasteiger partial charge in [0, 0.05) is 18.7 Å². The maximum atomic E-state index is 13.4. The number of methoxy groups -OCH3 is 2. The van der Waals surface area contributed by atoms with Crippen molar-refractivity contribution in [2.24, 2.45) is 5.92 Å². The topological polar surface area (TPSA) is 42.0 Å². The number of hydrogen-bond donors (Lipinski definition) is 0. The van der Waals surface area contributed by atoms with Crippen molar-refractivity contribution in [1.82, 2.24) is 9.80 Å². The molecule has 5 heteroatoms. The van der Waals surface area contributed by atoms with Crippen molar-refractivity contribution in [2.75, 3.05) is 47.4 Å². The molecule has 162 valence electrons. The van der Waals surface area contributed by atoms with Crippen LogP contribution in [0.2, 0.25) is 0 Å². The van der Waals surface area contributed by atoms with Crippen molar-refractivity contribution in [3.63, 3.8) is 0 Å². The number of nitrogens with zero attached hydrogens (tertiary/aromatic N) is 2. The standard InChI is InChI=1S/C25H34N2O3/c1-19-5-8-22(17-24(19)30-4)25(28)27(18-21-11-14-26(2)15-12-21)16-13-20-6-9-23(29-3)10-7-20/h5-10,17,21H,11-16,18H2,1-4H3. The number of likely N-dealkylation sites (tertiary alicyclic amines) is 1. The van der Waals surface area contributed by atoms with Gasteiger partial charge in [-0.3, -0.25) is 4.79 Å². The Balaban J connectivity index is 1.74. The Labute approximate surface area is 180 Å². The molecule has 1 aliphatic rings. The molecule has 0 aromatic heterocycles. The molecule has 2 aromatic carbocycles. The molecule has 0 aliphatic carbocycles. The SMILES string of the molecule is COc1ccc(CCN(CC2CCN(C)CC2)C(=O)c2ccc(C)c(OC)c2)cc1. The fourth-order valence-corrected chi connectivity index (χ4v) is 4.02. The molecule has 1 heterocycles. The van der Waals surface area contributed by atoms with E-state index in [-0.39, 0.29) is 5.91 Å². The number of rotatable bonds is 8. The summed E-state index contributed by atoms with van der Waals surface area (Å²) in [6.07, 6.45) is 3.10. The molecule has 5 nitrogen and oxygen atoms in total. The van der Waals surface area contributed by atoms with Crippen LogP contribution in [-0.2, 0) is 6.42 Å².